The maximum Gasteiger partial charge on any atom is -0.0383 e. The number of rotatable bonds is 8. The van der Waals surface area contributed by atoms with E-state index in [9.17, 15) is 0 Å². The second-order valence-electron chi connectivity index (χ2n) is 9.45. The van der Waals surface area contributed by atoms with Crippen molar-refractivity contribution < 1.29 is 0 Å². The number of unbranched alkanes of at least 4 members (excludes halogenated alkanes) is 1. The van der Waals surface area contributed by atoms with Crippen LogP contribution in [0.3, 0.4) is 0 Å². The molecule has 0 aliphatic heterocycles. The highest BCUT2D eigenvalue weighted by atomic mass is 14.4. The van der Waals surface area contributed by atoms with Gasteiger partial charge in [-0.05, 0) is 61.2 Å². The lowest BCUT2D eigenvalue weighted by Crippen LogP contribution is -2.28. The predicted octanol–water partition coefficient (Wildman–Crippen LogP) is 7.86. The van der Waals surface area contributed by atoms with Crippen LogP contribution in [0.15, 0.2) is 0 Å². The molecule has 2 rings (SSSR count). The third-order valence-electron chi connectivity index (χ3n) is 7.38. The first-order valence-corrected chi connectivity index (χ1v) is 11.1. The third-order valence-corrected chi connectivity index (χ3v) is 7.38. The van der Waals surface area contributed by atoms with Gasteiger partial charge in [0.25, 0.3) is 0 Å². The molecule has 0 N–H and O–H groups in total. The van der Waals surface area contributed by atoms with E-state index in [0.717, 1.165) is 35.5 Å². The minimum atomic E-state index is 0.947. The van der Waals surface area contributed by atoms with Crippen molar-refractivity contribution in [3.63, 3.8) is 0 Å². The van der Waals surface area contributed by atoms with Crippen LogP contribution in [0.4, 0.5) is 0 Å². The Hall–Kier alpha value is 0. The van der Waals surface area contributed by atoms with Crippen molar-refractivity contribution >= 4 is 0 Å². The van der Waals surface area contributed by atoms with E-state index in [1.54, 1.807) is 25.7 Å². The van der Waals surface area contributed by atoms with Crippen molar-refractivity contribution in [2.24, 2.45) is 35.5 Å². The standard InChI is InChI=1S/C23H44/c1-5-7-8-22-17-21(15-18(3)6-2)13-14-23(22)16-20-11-9-19(4)10-12-20/h18-23H,5-17H2,1-4H3. The molecule has 0 nitrogen and oxygen atoms in total. The summed E-state index contributed by atoms with van der Waals surface area (Å²) in [7, 11) is 0. The van der Waals surface area contributed by atoms with Gasteiger partial charge in [-0.3, -0.25) is 0 Å². The van der Waals surface area contributed by atoms with Gasteiger partial charge in [-0.15, -0.1) is 0 Å². The molecule has 0 aromatic carbocycles. The second-order valence-corrected chi connectivity index (χ2v) is 9.45. The molecule has 0 spiro atoms. The summed E-state index contributed by atoms with van der Waals surface area (Å²) in [6, 6.07) is 0. The Balaban J connectivity index is 1.84. The van der Waals surface area contributed by atoms with Gasteiger partial charge in [-0.2, -0.15) is 0 Å². The maximum absolute atomic E-state index is 2.47. The van der Waals surface area contributed by atoms with Crippen molar-refractivity contribution in [2.45, 2.75) is 111 Å². The van der Waals surface area contributed by atoms with E-state index in [4.69, 9.17) is 0 Å². The summed E-state index contributed by atoms with van der Waals surface area (Å²) in [5.41, 5.74) is 0. The van der Waals surface area contributed by atoms with Crippen molar-refractivity contribution in [3.8, 4) is 0 Å². The zero-order valence-electron chi connectivity index (χ0n) is 16.7. The summed E-state index contributed by atoms with van der Waals surface area (Å²) < 4.78 is 0. The summed E-state index contributed by atoms with van der Waals surface area (Å²) >= 11 is 0. The quantitative estimate of drug-likeness (QED) is 0.427. The topological polar surface area (TPSA) is 0 Å². The van der Waals surface area contributed by atoms with Gasteiger partial charge in [0, 0.05) is 0 Å². The van der Waals surface area contributed by atoms with Crippen LogP contribution in [0.1, 0.15) is 111 Å². The molecule has 23 heavy (non-hydrogen) atoms. The molecular formula is C23H44. The van der Waals surface area contributed by atoms with Crippen molar-refractivity contribution in [2.75, 3.05) is 0 Å². The first-order valence-electron chi connectivity index (χ1n) is 11.1. The van der Waals surface area contributed by atoms with Gasteiger partial charge in [0.1, 0.15) is 0 Å². The van der Waals surface area contributed by atoms with Crippen LogP contribution in [-0.4, -0.2) is 0 Å². The fourth-order valence-corrected chi connectivity index (χ4v) is 5.50. The molecule has 2 saturated carbocycles. The highest BCUT2D eigenvalue weighted by molar-refractivity contribution is 4.84. The molecule has 136 valence electrons. The highest BCUT2D eigenvalue weighted by Crippen LogP contribution is 2.44. The van der Waals surface area contributed by atoms with E-state index >= 15 is 0 Å². The Morgan fingerprint density at radius 2 is 1.57 bits per heavy atom. The van der Waals surface area contributed by atoms with Crippen molar-refractivity contribution in [1.82, 2.24) is 0 Å². The molecule has 2 aliphatic rings. The van der Waals surface area contributed by atoms with Gasteiger partial charge in [0.15, 0.2) is 0 Å². The van der Waals surface area contributed by atoms with E-state index in [0.29, 0.717) is 0 Å². The smallest absolute Gasteiger partial charge is 0.0383 e. The van der Waals surface area contributed by atoms with Gasteiger partial charge < -0.3 is 0 Å². The van der Waals surface area contributed by atoms with Crippen LogP contribution in [0.2, 0.25) is 0 Å². The van der Waals surface area contributed by atoms with E-state index in [1.165, 1.54) is 57.8 Å². The van der Waals surface area contributed by atoms with Gasteiger partial charge in [0.2, 0.25) is 0 Å². The minimum Gasteiger partial charge on any atom is -0.0654 e. The molecule has 0 aromatic rings. The molecule has 4 unspecified atom stereocenters. The Labute approximate surface area is 147 Å². The Kier molecular flexibility index (Phi) is 8.48. The van der Waals surface area contributed by atoms with Crippen LogP contribution in [0.5, 0.6) is 0 Å². The van der Waals surface area contributed by atoms with E-state index in [1.807, 2.05) is 0 Å². The Bertz CT molecular complexity index is 299. The molecule has 2 fully saturated rings. The van der Waals surface area contributed by atoms with E-state index in [-0.39, 0.29) is 0 Å². The molecule has 0 heteroatoms. The van der Waals surface area contributed by atoms with E-state index in [2.05, 4.69) is 27.7 Å². The molecule has 0 heterocycles. The fraction of sp³-hybridized carbons (Fsp3) is 1.00. The third kappa shape index (κ3) is 6.43. The monoisotopic (exact) mass is 320 g/mol. The maximum atomic E-state index is 2.47. The second kappa shape index (κ2) is 10.1. The fourth-order valence-electron chi connectivity index (χ4n) is 5.50. The van der Waals surface area contributed by atoms with Crippen LogP contribution in [-0.2, 0) is 0 Å². The van der Waals surface area contributed by atoms with Crippen LogP contribution in [0.25, 0.3) is 0 Å². The van der Waals surface area contributed by atoms with E-state index < -0.39 is 0 Å². The average molecular weight is 321 g/mol. The zero-order valence-corrected chi connectivity index (χ0v) is 16.7. The van der Waals surface area contributed by atoms with Crippen LogP contribution in [0, 0.1) is 35.5 Å². The Morgan fingerprint density at radius 1 is 0.870 bits per heavy atom. The molecule has 2 aliphatic carbocycles. The summed E-state index contributed by atoms with van der Waals surface area (Å²) in [6.07, 6.45) is 19.6. The SMILES string of the molecule is CCCCC1CC(CC(C)CC)CCC1CC1CCC(C)CC1. The van der Waals surface area contributed by atoms with Gasteiger partial charge in [-0.1, -0.05) is 85.5 Å². The molecule has 0 radical (unpaired) electrons. The molecular weight excluding hydrogens is 276 g/mol. The van der Waals surface area contributed by atoms with Crippen molar-refractivity contribution in [1.29, 1.82) is 0 Å². The minimum absolute atomic E-state index is 0.947. The highest BCUT2D eigenvalue weighted by Gasteiger charge is 2.32. The lowest BCUT2D eigenvalue weighted by molar-refractivity contribution is 0.115. The lowest BCUT2D eigenvalue weighted by Gasteiger charge is -2.40. The summed E-state index contributed by atoms with van der Waals surface area (Å²) in [5.74, 6) is 6.22. The first-order chi connectivity index (χ1) is 11.1. The van der Waals surface area contributed by atoms with Gasteiger partial charge >= 0.3 is 0 Å². The van der Waals surface area contributed by atoms with Gasteiger partial charge in [-0.25, -0.2) is 0 Å². The summed E-state index contributed by atoms with van der Waals surface area (Å²) in [4.78, 5) is 0. The van der Waals surface area contributed by atoms with Crippen molar-refractivity contribution in [3.05, 3.63) is 0 Å². The molecule has 4 atom stereocenters. The molecule has 0 saturated heterocycles. The summed E-state index contributed by atoms with van der Waals surface area (Å²) in [5, 5.41) is 0. The Morgan fingerprint density at radius 3 is 2.22 bits per heavy atom. The van der Waals surface area contributed by atoms with Crippen LogP contribution >= 0.6 is 0 Å². The van der Waals surface area contributed by atoms with Crippen LogP contribution < -0.4 is 0 Å². The summed E-state index contributed by atoms with van der Waals surface area (Å²) in [6.45, 7) is 9.67. The van der Waals surface area contributed by atoms with Gasteiger partial charge in [0.05, 0.1) is 0 Å². The molecule has 0 aromatic heterocycles. The largest absolute Gasteiger partial charge is 0.0654 e. The first kappa shape index (κ1) is 19.3. The number of hydrogen-bond donors (Lipinski definition) is 0. The predicted molar refractivity (Wildman–Crippen MR) is 104 cm³/mol. The normalized spacial score (nSPS) is 36.8. The molecule has 0 amide bonds. The average Bonchev–Trinajstić information content (AvgIpc) is 2.56. The number of hydrogen-bond acceptors (Lipinski definition) is 0. The zero-order chi connectivity index (χ0) is 16.7. The lowest BCUT2D eigenvalue weighted by atomic mass is 9.66. The molecule has 0 bridgehead atoms.